The summed E-state index contributed by atoms with van der Waals surface area (Å²) in [5.41, 5.74) is 14.5. The van der Waals surface area contributed by atoms with Crippen LogP contribution in [0.25, 0.3) is 0 Å². The summed E-state index contributed by atoms with van der Waals surface area (Å²) in [6, 6.07) is 6.91. The van der Waals surface area contributed by atoms with Crippen LogP contribution in [0.4, 0.5) is 16.5 Å². The van der Waals surface area contributed by atoms with Gasteiger partial charge in [0.15, 0.2) is 5.84 Å². The van der Waals surface area contributed by atoms with Crippen LogP contribution < -0.4 is 26.6 Å². The van der Waals surface area contributed by atoms with Crippen LogP contribution in [0.1, 0.15) is 54.3 Å². The standard InChI is InChI=1S/C28H37N9OS/c1-28(6-2-5-22-24(28)20(16-29)26(31)39-22)27(38)34-25(30)21-14-19(36-10-7-32-8-11-36)15-23(33-21)37-13-12-35-9-3-4-18(35)17-37/h14-15,18,32H,2-13,17,31H2,1H3,(H2,30,34,38). The fourth-order valence-electron chi connectivity index (χ4n) is 6.70. The van der Waals surface area contributed by atoms with Gasteiger partial charge >= 0.3 is 0 Å². The zero-order valence-electron chi connectivity index (χ0n) is 22.6. The number of nitrogens with one attached hydrogen (secondary N) is 1. The average molecular weight is 548 g/mol. The van der Waals surface area contributed by atoms with Crippen molar-refractivity contribution < 1.29 is 4.79 Å². The number of hydrogen-bond acceptors (Lipinski definition) is 9. The largest absolute Gasteiger partial charge is 0.389 e. The number of carbonyl (C=O) groups is 1. The molecule has 0 bridgehead atoms. The molecule has 2 unspecified atom stereocenters. The molecule has 2 aromatic heterocycles. The molecule has 0 saturated carbocycles. The van der Waals surface area contributed by atoms with Gasteiger partial charge in [-0.3, -0.25) is 9.69 Å². The minimum Gasteiger partial charge on any atom is -0.389 e. The molecule has 10 nitrogen and oxygen atoms in total. The lowest BCUT2D eigenvalue weighted by atomic mass is 9.72. The first-order valence-electron chi connectivity index (χ1n) is 14.0. The number of hydrogen-bond donors (Lipinski definition) is 3. The van der Waals surface area contributed by atoms with Crippen molar-refractivity contribution in [3.63, 3.8) is 0 Å². The molecule has 39 heavy (non-hydrogen) atoms. The van der Waals surface area contributed by atoms with Gasteiger partial charge in [0.25, 0.3) is 5.91 Å². The molecule has 206 valence electrons. The van der Waals surface area contributed by atoms with Crippen molar-refractivity contribution in [3.8, 4) is 6.07 Å². The quantitative estimate of drug-likeness (QED) is 0.386. The first-order valence-corrected chi connectivity index (χ1v) is 14.9. The summed E-state index contributed by atoms with van der Waals surface area (Å²) in [5.74, 6) is 0.667. The molecule has 0 radical (unpaired) electrons. The molecule has 4 aliphatic rings. The highest BCUT2D eigenvalue weighted by molar-refractivity contribution is 7.16. The van der Waals surface area contributed by atoms with Gasteiger partial charge in [-0.05, 0) is 51.6 Å². The number of piperazine rings is 2. The predicted octanol–water partition coefficient (Wildman–Crippen LogP) is 1.82. The van der Waals surface area contributed by atoms with Gasteiger partial charge in [0, 0.05) is 74.0 Å². The number of pyridine rings is 1. The van der Waals surface area contributed by atoms with Gasteiger partial charge in [-0.1, -0.05) is 0 Å². The number of nitrogens with two attached hydrogens (primary N) is 2. The Labute approximate surface area is 233 Å². The fraction of sp³-hybridized carbons (Fsp3) is 0.571. The molecular formula is C28H37N9OS. The number of aromatic nitrogens is 1. The second-order valence-electron chi connectivity index (χ2n) is 11.3. The Morgan fingerprint density at radius 1 is 1.21 bits per heavy atom. The first-order chi connectivity index (χ1) is 18.9. The van der Waals surface area contributed by atoms with E-state index in [2.05, 4.69) is 37.1 Å². The summed E-state index contributed by atoms with van der Waals surface area (Å²) >= 11 is 1.41. The Hall–Kier alpha value is -3.20. The van der Waals surface area contributed by atoms with Crippen molar-refractivity contribution in [1.82, 2.24) is 15.2 Å². The van der Waals surface area contributed by atoms with Gasteiger partial charge in [-0.25, -0.2) is 4.98 Å². The summed E-state index contributed by atoms with van der Waals surface area (Å²) in [4.78, 5) is 31.5. The molecule has 3 aliphatic heterocycles. The number of amides is 1. The Morgan fingerprint density at radius 2 is 2.03 bits per heavy atom. The maximum absolute atomic E-state index is 13.8. The van der Waals surface area contributed by atoms with E-state index in [1.165, 1.54) is 30.7 Å². The summed E-state index contributed by atoms with van der Waals surface area (Å²) in [5, 5.41) is 13.7. The van der Waals surface area contributed by atoms with Crippen LogP contribution >= 0.6 is 11.3 Å². The summed E-state index contributed by atoms with van der Waals surface area (Å²) in [6.45, 7) is 9.58. The SMILES string of the molecule is CC1(C(=O)N=C(N)c2cc(N3CCNCC3)cc(N3CCN4CCCC4C3)n2)CCCc2sc(N)c(C#N)c21. The van der Waals surface area contributed by atoms with E-state index in [9.17, 15) is 10.1 Å². The minimum absolute atomic E-state index is 0.118. The van der Waals surface area contributed by atoms with E-state index >= 15 is 0 Å². The van der Waals surface area contributed by atoms with E-state index in [4.69, 9.17) is 16.5 Å². The second-order valence-corrected chi connectivity index (χ2v) is 12.5. The summed E-state index contributed by atoms with van der Waals surface area (Å²) in [6.07, 6.45) is 4.73. The van der Waals surface area contributed by atoms with E-state index in [-0.39, 0.29) is 11.7 Å². The third kappa shape index (κ3) is 4.75. The maximum atomic E-state index is 13.8. The third-order valence-corrected chi connectivity index (χ3v) is 9.98. The van der Waals surface area contributed by atoms with E-state index in [0.29, 0.717) is 28.7 Å². The third-order valence-electron chi connectivity index (χ3n) is 8.90. The Morgan fingerprint density at radius 3 is 2.82 bits per heavy atom. The number of aliphatic imine (C=N–C) groups is 1. The molecule has 1 amide bonds. The van der Waals surface area contributed by atoms with Crippen molar-refractivity contribution in [2.75, 3.05) is 67.9 Å². The molecule has 6 rings (SSSR count). The highest BCUT2D eigenvalue weighted by Crippen LogP contribution is 2.46. The monoisotopic (exact) mass is 547 g/mol. The Kier molecular flexibility index (Phi) is 6.95. The number of rotatable bonds is 4. The highest BCUT2D eigenvalue weighted by atomic mass is 32.1. The van der Waals surface area contributed by atoms with E-state index < -0.39 is 5.41 Å². The number of nitrogens with zero attached hydrogens (tertiary/aromatic N) is 6. The number of carbonyl (C=O) groups excluding carboxylic acids is 1. The van der Waals surface area contributed by atoms with Crippen molar-refractivity contribution in [3.05, 3.63) is 33.8 Å². The van der Waals surface area contributed by atoms with Crippen LogP contribution in [0.2, 0.25) is 0 Å². The van der Waals surface area contributed by atoms with Crippen LogP contribution in [0, 0.1) is 11.3 Å². The van der Waals surface area contributed by atoms with E-state index in [1.807, 2.05) is 13.0 Å². The maximum Gasteiger partial charge on any atom is 0.258 e. The Balaban J connectivity index is 1.35. The van der Waals surface area contributed by atoms with E-state index in [1.54, 1.807) is 0 Å². The van der Waals surface area contributed by atoms with Crippen molar-refractivity contribution >= 4 is 39.6 Å². The second kappa shape index (κ2) is 10.4. The predicted molar refractivity (Wildman–Crippen MR) is 156 cm³/mol. The number of nitriles is 1. The van der Waals surface area contributed by atoms with Crippen LogP contribution in [0.15, 0.2) is 17.1 Å². The zero-order chi connectivity index (χ0) is 27.1. The fourth-order valence-corrected chi connectivity index (χ4v) is 7.89. The number of nitrogen functional groups attached to an aromatic ring is 1. The smallest absolute Gasteiger partial charge is 0.258 e. The minimum atomic E-state index is -0.935. The number of amidine groups is 1. The van der Waals surface area contributed by atoms with Crippen LogP contribution in [0.5, 0.6) is 0 Å². The zero-order valence-corrected chi connectivity index (χ0v) is 23.4. The molecular weight excluding hydrogens is 510 g/mol. The van der Waals surface area contributed by atoms with Crippen molar-refractivity contribution in [2.24, 2.45) is 10.7 Å². The molecule has 11 heteroatoms. The topological polar surface area (TPSA) is 140 Å². The van der Waals surface area contributed by atoms with Gasteiger partial charge in [-0.15, -0.1) is 11.3 Å². The molecule has 5 N–H and O–H groups in total. The number of thiophene rings is 1. The summed E-state index contributed by atoms with van der Waals surface area (Å²) in [7, 11) is 0. The Bertz CT molecular complexity index is 1340. The molecule has 2 atom stereocenters. The number of aryl methyl sites for hydroxylation is 1. The normalized spacial score (nSPS) is 25.7. The molecule has 5 heterocycles. The molecule has 3 saturated heterocycles. The van der Waals surface area contributed by atoms with Crippen LogP contribution in [-0.2, 0) is 16.6 Å². The molecule has 3 fully saturated rings. The molecule has 1 aliphatic carbocycles. The van der Waals surface area contributed by atoms with Gasteiger partial charge in [0.1, 0.15) is 22.6 Å². The molecule has 0 aromatic carbocycles. The van der Waals surface area contributed by atoms with Gasteiger partial charge in [0.05, 0.1) is 11.0 Å². The molecule has 2 aromatic rings. The van der Waals surface area contributed by atoms with Gasteiger partial charge < -0.3 is 26.6 Å². The van der Waals surface area contributed by atoms with E-state index in [0.717, 1.165) is 80.6 Å². The van der Waals surface area contributed by atoms with Crippen LogP contribution in [-0.4, -0.2) is 80.0 Å². The summed E-state index contributed by atoms with van der Waals surface area (Å²) < 4.78 is 0. The van der Waals surface area contributed by atoms with Crippen LogP contribution in [0.3, 0.4) is 0 Å². The molecule has 0 spiro atoms. The lowest BCUT2D eigenvalue weighted by Gasteiger charge is -2.39. The first kappa shape index (κ1) is 26.0. The van der Waals surface area contributed by atoms with Gasteiger partial charge in [0.2, 0.25) is 0 Å². The lowest BCUT2D eigenvalue weighted by Crippen LogP contribution is -2.50. The average Bonchev–Trinajstić information content (AvgIpc) is 3.56. The number of fused-ring (bicyclic) bond motifs is 2. The number of anilines is 3. The lowest BCUT2D eigenvalue weighted by molar-refractivity contribution is -0.123. The highest BCUT2D eigenvalue weighted by Gasteiger charge is 2.43. The van der Waals surface area contributed by atoms with Gasteiger partial charge in [-0.2, -0.15) is 10.3 Å². The van der Waals surface area contributed by atoms with Crippen molar-refractivity contribution in [2.45, 2.75) is 50.5 Å². The van der Waals surface area contributed by atoms with Crippen molar-refractivity contribution in [1.29, 1.82) is 5.26 Å².